The molecule has 0 aliphatic heterocycles. The number of fused-ring (bicyclic) bond motifs is 1. The molecule has 0 saturated carbocycles. The number of rotatable bonds is 4. The number of anilines is 1. The van der Waals surface area contributed by atoms with E-state index >= 15 is 0 Å². The zero-order chi connectivity index (χ0) is 21.5. The van der Waals surface area contributed by atoms with Crippen molar-refractivity contribution in [1.82, 2.24) is 0 Å². The van der Waals surface area contributed by atoms with Gasteiger partial charge in [0.15, 0.2) is 11.5 Å². The van der Waals surface area contributed by atoms with E-state index in [9.17, 15) is 33.3 Å². The van der Waals surface area contributed by atoms with Crippen LogP contribution in [0.25, 0.3) is 10.8 Å². The number of nitrogens with two attached hydrogens (primary N) is 1. The maximum atomic E-state index is 11.7. The van der Waals surface area contributed by atoms with Crippen molar-refractivity contribution in [2.24, 2.45) is 10.2 Å². The molecule has 0 spiro atoms. The molecular weight excluding hydrogens is 451 g/mol. The summed E-state index contributed by atoms with van der Waals surface area (Å²) in [6.07, 6.45) is 0. The van der Waals surface area contributed by atoms with Gasteiger partial charge in [0, 0.05) is 23.2 Å². The Morgan fingerprint density at radius 1 is 1.07 bits per heavy atom. The molecule has 150 valence electrons. The maximum Gasteiger partial charge on any atom is 1.00 e. The summed E-state index contributed by atoms with van der Waals surface area (Å²) in [6, 6.07) is 6.82. The van der Waals surface area contributed by atoms with Gasteiger partial charge in [-0.1, -0.05) is 11.6 Å². The number of nitro benzene ring substituents is 1. The number of benzene rings is 3. The van der Waals surface area contributed by atoms with Gasteiger partial charge in [0.1, 0.15) is 21.5 Å². The minimum atomic E-state index is -5.11. The molecule has 0 aliphatic carbocycles. The SMILES string of the molecule is Nc1ccc2c(O)c(N=Nc3cc([N+](=O)[O-])cc(Cl)c3O)c(S(=O)(=O)[O-])cc2c1.[Na+]. The average molecular weight is 461 g/mol. The van der Waals surface area contributed by atoms with Crippen molar-refractivity contribution in [3.05, 3.63) is 51.5 Å². The number of phenolic OH excluding ortho intramolecular Hbond substituents is 2. The standard InChI is InChI=1S/C16H11ClN4O7S.Na/c17-11-5-9(21(24)25)6-12(16(11)23)19-20-14-13(29(26,27)28)4-7-3-8(18)1-2-10(7)15(14)22;/h1-6,22-23H,18H2,(H,26,27,28);/q;+1/p-1. The molecule has 3 aromatic rings. The summed E-state index contributed by atoms with van der Waals surface area (Å²) in [5, 5.41) is 38.2. The van der Waals surface area contributed by atoms with Crippen LogP contribution in [0.1, 0.15) is 0 Å². The molecule has 0 atom stereocenters. The van der Waals surface area contributed by atoms with Crippen LogP contribution in [0, 0.1) is 10.1 Å². The van der Waals surface area contributed by atoms with Crippen molar-refractivity contribution in [2.75, 3.05) is 5.73 Å². The Balaban J connectivity index is 0.00000320. The van der Waals surface area contributed by atoms with E-state index < -0.39 is 53.5 Å². The van der Waals surface area contributed by atoms with Crippen LogP contribution in [0.4, 0.5) is 22.7 Å². The second kappa shape index (κ2) is 8.71. The third-order valence-corrected chi connectivity index (χ3v) is 4.98. The van der Waals surface area contributed by atoms with Gasteiger partial charge < -0.3 is 20.5 Å². The number of azo groups is 1. The van der Waals surface area contributed by atoms with Gasteiger partial charge in [-0.25, -0.2) is 8.42 Å². The Morgan fingerprint density at radius 2 is 1.73 bits per heavy atom. The van der Waals surface area contributed by atoms with Gasteiger partial charge in [-0.15, -0.1) is 10.2 Å². The quantitative estimate of drug-likeness (QED) is 0.126. The Labute approximate surface area is 196 Å². The van der Waals surface area contributed by atoms with Crippen LogP contribution in [0.3, 0.4) is 0 Å². The summed E-state index contributed by atoms with van der Waals surface area (Å²) < 4.78 is 35.0. The van der Waals surface area contributed by atoms with Crippen LogP contribution >= 0.6 is 11.6 Å². The molecule has 4 N–H and O–H groups in total. The second-order valence-corrected chi connectivity index (χ2v) is 7.51. The number of halogens is 1. The molecule has 0 aliphatic rings. The summed E-state index contributed by atoms with van der Waals surface area (Å²) in [6.45, 7) is 0. The third kappa shape index (κ3) is 4.64. The van der Waals surface area contributed by atoms with Crippen LogP contribution in [0.2, 0.25) is 5.02 Å². The summed E-state index contributed by atoms with van der Waals surface area (Å²) in [5.74, 6) is -1.35. The van der Waals surface area contributed by atoms with Crippen molar-refractivity contribution in [1.29, 1.82) is 0 Å². The molecule has 0 heterocycles. The minimum Gasteiger partial charge on any atom is -0.744 e. The molecule has 0 fully saturated rings. The first-order valence-electron chi connectivity index (χ1n) is 7.59. The molecule has 3 aromatic carbocycles. The molecule has 30 heavy (non-hydrogen) atoms. The normalized spacial score (nSPS) is 11.5. The van der Waals surface area contributed by atoms with Gasteiger partial charge in [-0.2, -0.15) is 0 Å². The number of nitro groups is 1. The fourth-order valence-electron chi connectivity index (χ4n) is 2.51. The summed E-state index contributed by atoms with van der Waals surface area (Å²) in [7, 11) is -5.11. The van der Waals surface area contributed by atoms with Crippen LogP contribution < -0.4 is 35.3 Å². The van der Waals surface area contributed by atoms with E-state index in [1.807, 2.05) is 0 Å². The zero-order valence-corrected chi connectivity index (χ0v) is 18.7. The predicted octanol–water partition coefficient (Wildman–Crippen LogP) is 0.718. The van der Waals surface area contributed by atoms with Crippen LogP contribution in [0.15, 0.2) is 51.5 Å². The maximum absolute atomic E-state index is 11.7. The van der Waals surface area contributed by atoms with E-state index in [4.69, 9.17) is 17.3 Å². The van der Waals surface area contributed by atoms with E-state index in [1.165, 1.54) is 18.2 Å². The van der Waals surface area contributed by atoms with E-state index in [1.54, 1.807) is 0 Å². The first-order chi connectivity index (χ1) is 13.5. The zero-order valence-electron chi connectivity index (χ0n) is 15.1. The van der Waals surface area contributed by atoms with Crippen molar-refractivity contribution in [2.45, 2.75) is 4.90 Å². The Bertz CT molecular complexity index is 1310. The van der Waals surface area contributed by atoms with Crippen molar-refractivity contribution >= 4 is 55.2 Å². The second-order valence-electron chi connectivity index (χ2n) is 5.76. The molecule has 3 rings (SSSR count). The van der Waals surface area contributed by atoms with Crippen LogP contribution in [-0.2, 0) is 10.1 Å². The predicted molar refractivity (Wildman–Crippen MR) is 102 cm³/mol. The molecule has 0 saturated heterocycles. The van der Waals surface area contributed by atoms with Crippen molar-refractivity contribution < 1.29 is 57.7 Å². The molecule has 11 nitrogen and oxygen atoms in total. The number of non-ortho nitro benzene ring substituents is 1. The molecule has 0 amide bonds. The van der Waals surface area contributed by atoms with Crippen LogP contribution in [-0.4, -0.2) is 28.1 Å². The topological polar surface area (TPSA) is 192 Å². The number of hydrogen-bond donors (Lipinski definition) is 3. The van der Waals surface area contributed by atoms with Gasteiger partial charge in [-0.3, -0.25) is 10.1 Å². The Kier molecular flexibility index (Phi) is 6.91. The monoisotopic (exact) mass is 460 g/mol. The smallest absolute Gasteiger partial charge is 0.744 e. The number of nitrogens with zero attached hydrogens (tertiary/aromatic N) is 3. The van der Waals surface area contributed by atoms with Gasteiger partial charge in [0.25, 0.3) is 5.69 Å². The van der Waals surface area contributed by atoms with Gasteiger partial charge in [0.05, 0.1) is 14.8 Å². The fourth-order valence-corrected chi connectivity index (χ4v) is 3.37. The van der Waals surface area contributed by atoms with Crippen molar-refractivity contribution in [3.63, 3.8) is 0 Å². The molecule has 0 bridgehead atoms. The minimum absolute atomic E-state index is 0. The van der Waals surface area contributed by atoms with Gasteiger partial charge >= 0.3 is 29.6 Å². The summed E-state index contributed by atoms with van der Waals surface area (Å²) >= 11 is 5.71. The van der Waals surface area contributed by atoms with Crippen molar-refractivity contribution in [3.8, 4) is 11.5 Å². The molecular formula is C16H10ClN4NaO7S. The van der Waals surface area contributed by atoms with Gasteiger partial charge in [0.2, 0.25) is 0 Å². The molecule has 0 radical (unpaired) electrons. The summed E-state index contributed by atoms with van der Waals surface area (Å²) in [4.78, 5) is 9.24. The van der Waals surface area contributed by atoms with Crippen LogP contribution in [0.5, 0.6) is 11.5 Å². The molecule has 0 unspecified atom stereocenters. The summed E-state index contributed by atoms with van der Waals surface area (Å²) in [5.41, 5.74) is 4.19. The first kappa shape index (κ1) is 23.8. The Hall–Kier alpha value is -2.48. The largest absolute Gasteiger partial charge is 1.00 e. The van der Waals surface area contributed by atoms with E-state index in [0.29, 0.717) is 0 Å². The van der Waals surface area contributed by atoms with E-state index in [-0.39, 0.29) is 46.0 Å². The molecule has 14 heteroatoms. The first-order valence-corrected chi connectivity index (χ1v) is 9.37. The average Bonchev–Trinajstić information content (AvgIpc) is 2.62. The third-order valence-electron chi connectivity index (χ3n) is 3.84. The van der Waals surface area contributed by atoms with E-state index in [0.717, 1.165) is 18.2 Å². The van der Waals surface area contributed by atoms with Gasteiger partial charge in [-0.05, 0) is 29.7 Å². The number of hydrogen-bond acceptors (Lipinski definition) is 10. The van der Waals surface area contributed by atoms with E-state index in [2.05, 4.69) is 10.2 Å². The Morgan fingerprint density at radius 3 is 2.33 bits per heavy atom. The number of phenols is 2. The number of nitrogen functional groups attached to an aromatic ring is 1. The number of aromatic hydroxyl groups is 2. The molecule has 0 aromatic heterocycles. The fraction of sp³-hybridized carbons (Fsp3) is 0.